The van der Waals surface area contributed by atoms with Gasteiger partial charge < -0.3 is 15.2 Å². The van der Waals surface area contributed by atoms with Crippen LogP contribution >= 0.6 is 0 Å². The highest BCUT2D eigenvalue weighted by Crippen LogP contribution is 2.45. The molecule has 0 spiro atoms. The van der Waals surface area contributed by atoms with E-state index in [-0.39, 0.29) is 6.04 Å². The minimum absolute atomic E-state index is 0.174. The normalized spacial score (nSPS) is 14.5. The number of ether oxygens (including phenoxy) is 2. The quantitative estimate of drug-likeness (QED) is 0.501. The van der Waals surface area contributed by atoms with E-state index in [4.69, 9.17) is 15.2 Å². The first kappa shape index (κ1) is 15.2. The molecule has 0 atom stereocenters. The predicted octanol–water partition coefficient (Wildman–Crippen LogP) is 4.76. The molecule has 128 valence electrons. The minimum atomic E-state index is -0.174. The van der Waals surface area contributed by atoms with Gasteiger partial charge in [0.05, 0.1) is 6.04 Å². The highest BCUT2D eigenvalue weighted by molar-refractivity contribution is 6.09. The molecule has 0 saturated heterocycles. The monoisotopic (exact) mass is 341 g/mol. The maximum absolute atomic E-state index is 6.16. The number of hydrogen-bond donors (Lipinski definition) is 1. The molecule has 5 rings (SSSR count). The van der Waals surface area contributed by atoms with Crippen LogP contribution in [0.2, 0.25) is 0 Å². The summed E-state index contributed by atoms with van der Waals surface area (Å²) in [6.45, 7) is 0.856. The highest BCUT2D eigenvalue weighted by atomic mass is 16.5. The molecule has 1 heterocycles. The Bertz CT molecular complexity index is 1030. The molecule has 0 amide bonds. The molecule has 1 aliphatic heterocycles. The molecule has 2 N–H and O–H groups in total. The largest absolute Gasteiger partial charge is 0.491 e. The summed E-state index contributed by atoms with van der Waals surface area (Å²) in [4.78, 5) is 0. The lowest BCUT2D eigenvalue weighted by Gasteiger charge is -2.17. The van der Waals surface area contributed by atoms with Crippen molar-refractivity contribution in [1.82, 2.24) is 0 Å². The second-order valence-electron chi connectivity index (χ2n) is 6.70. The summed E-state index contributed by atoms with van der Waals surface area (Å²) in [5.41, 5.74) is 8.31. The zero-order chi connectivity index (χ0) is 17.5. The molecule has 0 aromatic heterocycles. The zero-order valence-corrected chi connectivity index (χ0v) is 14.3. The fourth-order valence-corrected chi connectivity index (χ4v) is 3.70. The van der Waals surface area contributed by atoms with Crippen LogP contribution in [0.25, 0.3) is 32.7 Å². The van der Waals surface area contributed by atoms with Crippen molar-refractivity contribution in [3.8, 4) is 22.6 Å². The molecule has 4 aromatic carbocycles. The smallest absolute Gasteiger partial charge is 0.128 e. The third kappa shape index (κ3) is 2.40. The number of hydrogen-bond acceptors (Lipinski definition) is 3. The first-order valence-electron chi connectivity index (χ1n) is 8.86. The molecular weight excluding hydrogens is 322 g/mol. The third-order valence-electron chi connectivity index (χ3n) is 4.94. The van der Waals surface area contributed by atoms with Crippen molar-refractivity contribution in [1.29, 1.82) is 0 Å². The van der Waals surface area contributed by atoms with E-state index in [9.17, 15) is 0 Å². The van der Waals surface area contributed by atoms with Gasteiger partial charge in [-0.05, 0) is 33.7 Å². The first-order chi connectivity index (χ1) is 12.8. The van der Waals surface area contributed by atoms with Crippen molar-refractivity contribution < 1.29 is 9.47 Å². The van der Waals surface area contributed by atoms with Gasteiger partial charge in [-0.25, -0.2) is 0 Å². The summed E-state index contributed by atoms with van der Waals surface area (Å²) in [5, 5.41) is 4.66. The molecule has 4 aromatic rings. The predicted molar refractivity (Wildman–Crippen MR) is 106 cm³/mol. The second kappa shape index (κ2) is 6.04. The summed E-state index contributed by atoms with van der Waals surface area (Å²) < 4.78 is 12.3. The molecule has 0 bridgehead atoms. The van der Waals surface area contributed by atoms with Crippen LogP contribution in [0, 0.1) is 0 Å². The van der Waals surface area contributed by atoms with Gasteiger partial charge >= 0.3 is 0 Å². The van der Waals surface area contributed by atoms with E-state index in [1.165, 1.54) is 10.8 Å². The van der Waals surface area contributed by atoms with E-state index in [1.54, 1.807) is 0 Å². The standard InChI is InChI=1S/C23H19NO2/c24-17-13-25-20-11-9-15-5-1-3-7-18(15)22(20)23-19-8-4-2-6-16(19)10-12-21(23)26-14-17/h1-12,17H,13-14,24H2. The second-order valence-corrected chi connectivity index (χ2v) is 6.70. The van der Waals surface area contributed by atoms with E-state index in [0.717, 1.165) is 33.4 Å². The molecule has 0 unspecified atom stereocenters. The number of nitrogens with two attached hydrogens (primary N) is 1. The molecule has 0 aliphatic carbocycles. The molecule has 26 heavy (non-hydrogen) atoms. The maximum atomic E-state index is 6.16. The number of rotatable bonds is 0. The Balaban J connectivity index is 1.94. The maximum Gasteiger partial charge on any atom is 0.128 e. The van der Waals surface area contributed by atoms with Crippen LogP contribution in [0.15, 0.2) is 72.8 Å². The molecule has 0 fully saturated rings. The third-order valence-corrected chi connectivity index (χ3v) is 4.94. The SMILES string of the molecule is NC1COc2ccc3ccccc3c2-c2c(ccc3ccccc23)OC1. The van der Waals surface area contributed by atoms with Crippen molar-refractivity contribution in [3.63, 3.8) is 0 Å². The summed E-state index contributed by atoms with van der Waals surface area (Å²) in [5.74, 6) is 1.70. The van der Waals surface area contributed by atoms with Crippen LogP contribution in [0.5, 0.6) is 11.5 Å². The molecule has 3 nitrogen and oxygen atoms in total. The fourth-order valence-electron chi connectivity index (χ4n) is 3.70. The van der Waals surface area contributed by atoms with Crippen LogP contribution in [0.1, 0.15) is 0 Å². The number of benzene rings is 4. The van der Waals surface area contributed by atoms with Crippen LogP contribution in [0.4, 0.5) is 0 Å². The Labute approximate surface area is 152 Å². The van der Waals surface area contributed by atoms with Crippen molar-refractivity contribution in [2.45, 2.75) is 6.04 Å². The topological polar surface area (TPSA) is 44.5 Å². The van der Waals surface area contributed by atoms with Crippen molar-refractivity contribution in [2.75, 3.05) is 13.2 Å². The van der Waals surface area contributed by atoms with Gasteiger partial charge in [-0.1, -0.05) is 60.7 Å². The average Bonchev–Trinajstić information content (AvgIpc) is 2.76. The van der Waals surface area contributed by atoms with Gasteiger partial charge in [0.25, 0.3) is 0 Å². The summed E-state index contributed by atoms with van der Waals surface area (Å²) in [6, 6.07) is 24.9. The van der Waals surface area contributed by atoms with Gasteiger partial charge in [0.2, 0.25) is 0 Å². The Morgan fingerprint density at radius 3 is 1.58 bits per heavy atom. The number of fused-ring (bicyclic) bond motifs is 7. The summed E-state index contributed by atoms with van der Waals surface area (Å²) in [6.07, 6.45) is 0. The average molecular weight is 341 g/mol. The fraction of sp³-hybridized carbons (Fsp3) is 0.130. The Morgan fingerprint density at radius 1 is 0.615 bits per heavy atom. The van der Waals surface area contributed by atoms with Crippen molar-refractivity contribution in [3.05, 3.63) is 72.8 Å². The van der Waals surface area contributed by atoms with Gasteiger partial charge in [0, 0.05) is 11.1 Å². The molecule has 1 aliphatic rings. The van der Waals surface area contributed by atoms with Gasteiger partial charge in [-0.15, -0.1) is 0 Å². The lowest BCUT2D eigenvalue weighted by molar-refractivity contribution is 0.225. The Hall–Kier alpha value is -3.04. The summed E-state index contributed by atoms with van der Waals surface area (Å²) in [7, 11) is 0. The van der Waals surface area contributed by atoms with Gasteiger partial charge in [-0.2, -0.15) is 0 Å². The first-order valence-corrected chi connectivity index (χ1v) is 8.86. The lowest BCUT2D eigenvalue weighted by Crippen LogP contribution is -2.33. The summed E-state index contributed by atoms with van der Waals surface area (Å²) >= 11 is 0. The Kier molecular flexibility index (Phi) is 3.54. The van der Waals surface area contributed by atoms with E-state index >= 15 is 0 Å². The Morgan fingerprint density at radius 2 is 1.08 bits per heavy atom. The van der Waals surface area contributed by atoms with E-state index in [0.29, 0.717) is 13.2 Å². The van der Waals surface area contributed by atoms with Gasteiger partial charge in [-0.3, -0.25) is 0 Å². The lowest BCUT2D eigenvalue weighted by atomic mass is 9.92. The molecule has 0 saturated carbocycles. The zero-order valence-electron chi connectivity index (χ0n) is 14.3. The van der Waals surface area contributed by atoms with E-state index < -0.39 is 0 Å². The van der Waals surface area contributed by atoms with E-state index in [1.807, 2.05) is 12.1 Å². The van der Waals surface area contributed by atoms with Crippen LogP contribution < -0.4 is 15.2 Å². The highest BCUT2D eigenvalue weighted by Gasteiger charge is 2.21. The van der Waals surface area contributed by atoms with Gasteiger partial charge in [0.1, 0.15) is 24.7 Å². The van der Waals surface area contributed by atoms with Crippen LogP contribution in [0.3, 0.4) is 0 Å². The van der Waals surface area contributed by atoms with Gasteiger partial charge in [0.15, 0.2) is 0 Å². The van der Waals surface area contributed by atoms with Crippen molar-refractivity contribution >= 4 is 21.5 Å². The molecule has 3 heteroatoms. The minimum Gasteiger partial charge on any atom is -0.491 e. The molecular formula is C23H19NO2. The molecule has 0 radical (unpaired) electrons. The van der Waals surface area contributed by atoms with Crippen LogP contribution in [-0.2, 0) is 0 Å². The van der Waals surface area contributed by atoms with E-state index in [2.05, 4.69) is 60.7 Å². The van der Waals surface area contributed by atoms with Crippen molar-refractivity contribution in [2.24, 2.45) is 5.73 Å². The van der Waals surface area contributed by atoms with Crippen LogP contribution in [-0.4, -0.2) is 19.3 Å².